The van der Waals surface area contributed by atoms with E-state index in [1.54, 1.807) is 0 Å². The van der Waals surface area contributed by atoms with Crippen LogP contribution in [0, 0.1) is 0 Å². The van der Waals surface area contributed by atoms with Crippen LogP contribution in [-0.4, -0.2) is 23.9 Å². The average molecular weight is 245 g/mol. The molecule has 1 aliphatic carbocycles. The molecule has 0 aromatic heterocycles. The van der Waals surface area contributed by atoms with Gasteiger partial charge >= 0.3 is 6.09 Å². The highest BCUT2D eigenvalue weighted by molar-refractivity contribution is 5.67. The minimum atomic E-state index is -1.08. The van der Waals surface area contributed by atoms with Crippen LogP contribution in [0.1, 0.15) is 59.3 Å². The lowest BCUT2D eigenvalue weighted by Gasteiger charge is -2.29. The second kappa shape index (κ2) is 5.69. The van der Waals surface area contributed by atoms with E-state index in [2.05, 4.69) is 5.32 Å². The van der Waals surface area contributed by atoms with E-state index in [-0.39, 0.29) is 0 Å². The van der Waals surface area contributed by atoms with Crippen molar-refractivity contribution in [2.75, 3.05) is 6.54 Å². The molecule has 0 bridgehead atoms. The number of nitrogens with one attached hydrogen (secondary N) is 1. The zero-order valence-corrected chi connectivity index (χ0v) is 11.1. The number of ether oxygens (including phenoxy) is 1. The van der Waals surface area contributed by atoms with Crippen LogP contribution in [0.5, 0.6) is 0 Å². The predicted molar refractivity (Wildman–Crippen MR) is 65.8 cm³/mol. The number of alkyl carbamates (subject to hydrolysis) is 1. The minimum Gasteiger partial charge on any atom is -0.444 e. The second-order valence-electron chi connectivity index (χ2n) is 5.89. The first-order valence-electron chi connectivity index (χ1n) is 6.47. The SMILES string of the molecule is CC(C)(C)OC(=O)NCCC1(F)CCCCC1. The van der Waals surface area contributed by atoms with E-state index >= 15 is 0 Å². The number of carbonyl (C=O) groups excluding carboxylic acids is 1. The van der Waals surface area contributed by atoms with Gasteiger partial charge in [0.1, 0.15) is 11.3 Å². The third kappa shape index (κ3) is 5.89. The molecule has 0 aromatic carbocycles. The fourth-order valence-electron chi connectivity index (χ4n) is 2.14. The van der Waals surface area contributed by atoms with Crippen molar-refractivity contribution in [2.45, 2.75) is 70.6 Å². The number of halogens is 1. The Morgan fingerprint density at radius 2 is 1.88 bits per heavy atom. The van der Waals surface area contributed by atoms with Gasteiger partial charge in [-0.25, -0.2) is 9.18 Å². The van der Waals surface area contributed by atoms with Gasteiger partial charge in [-0.2, -0.15) is 0 Å². The second-order valence-corrected chi connectivity index (χ2v) is 5.89. The molecule has 1 saturated carbocycles. The van der Waals surface area contributed by atoms with Crippen LogP contribution >= 0.6 is 0 Å². The van der Waals surface area contributed by atoms with Gasteiger partial charge in [-0.3, -0.25) is 0 Å². The third-order valence-corrected chi connectivity index (χ3v) is 2.99. The van der Waals surface area contributed by atoms with Crippen LogP contribution in [0.3, 0.4) is 0 Å². The summed E-state index contributed by atoms with van der Waals surface area (Å²) in [5.74, 6) is 0. The zero-order chi connectivity index (χ0) is 12.9. The fraction of sp³-hybridized carbons (Fsp3) is 0.923. The van der Waals surface area contributed by atoms with E-state index in [0.29, 0.717) is 25.8 Å². The molecule has 0 aliphatic heterocycles. The van der Waals surface area contributed by atoms with Crippen molar-refractivity contribution in [3.8, 4) is 0 Å². The summed E-state index contributed by atoms with van der Waals surface area (Å²) < 4.78 is 19.3. The monoisotopic (exact) mass is 245 g/mol. The lowest BCUT2D eigenvalue weighted by atomic mass is 9.84. The predicted octanol–water partition coefficient (Wildman–Crippen LogP) is 3.57. The van der Waals surface area contributed by atoms with Crippen LogP contribution in [0.15, 0.2) is 0 Å². The number of rotatable bonds is 3. The summed E-state index contributed by atoms with van der Waals surface area (Å²) in [4.78, 5) is 11.3. The smallest absolute Gasteiger partial charge is 0.407 e. The Labute approximate surface area is 103 Å². The molecule has 0 saturated heterocycles. The molecule has 1 fully saturated rings. The topological polar surface area (TPSA) is 38.3 Å². The van der Waals surface area contributed by atoms with Gasteiger partial charge in [-0.15, -0.1) is 0 Å². The Morgan fingerprint density at radius 1 is 1.29 bits per heavy atom. The van der Waals surface area contributed by atoms with Crippen molar-refractivity contribution in [1.29, 1.82) is 0 Å². The molecule has 17 heavy (non-hydrogen) atoms. The van der Waals surface area contributed by atoms with Crippen molar-refractivity contribution in [3.63, 3.8) is 0 Å². The van der Waals surface area contributed by atoms with Crippen molar-refractivity contribution >= 4 is 6.09 Å². The summed E-state index contributed by atoms with van der Waals surface area (Å²) in [6, 6.07) is 0. The maximum atomic E-state index is 14.2. The van der Waals surface area contributed by atoms with Gasteiger partial charge in [0, 0.05) is 6.54 Å². The number of hydrogen-bond donors (Lipinski definition) is 1. The van der Waals surface area contributed by atoms with E-state index in [9.17, 15) is 9.18 Å². The molecule has 0 aromatic rings. The molecule has 1 N–H and O–H groups in total. The van der Waals surface area contributed by atoms with Gasteiger partial charge in [0.15, 0.2) is 0 Å². The molecule has 100 valence electrons. The molecule has 0 heterocycles. The Bertz CT molecular complexity index is 255. The number of hydrogen-bond acceptors (Lipinski definition) is 2. The van der Waals surface area contributed by atoms with Gasteiger partial charge in [0.2, 0.25) is 0 Å². The lowest BCUT2D eigenvalue weighted by Crippen LogP contribution is -2.36. The van der Waals surface area contributed by atoms with Gasteiger partial charge < -0.3 is 10.1 Å². The Morgan fingerprint density at radius 3 is 2.41 bits per heavy atom. The zero-order valence-electron chi connectivity index (χ0n) is 11.1. The standard InChI is InChI=1S/C13H24FNO2/c1-12(2,3)17-11(16)15-10-9-13(14)7-5-4-6-8-13/h4-10H2,1-3H3,(H,15,16). The Balaban J connectivity index is 2.20. The van der Waals surface area contributed by atoms with E-state index in [4.69, 9.17) is 4.74 Å². The quantitative estimate of drug-likeness (QED) is 0.825. The van der Waals surface area contributed by atoms with Gasteiger partial charge in [0.05, 0.1) is 0 Å². The van der Waals surface area contributed by atoms with E-state index in [1.165, 1.54) is 0 Å². The molecule has 3 nitrogen and oxygen atoms in total. The van der Waals surface area contributed by atoms with Gasteiger partial charge in [-0.1, -0.05) is 19.3 Å². The first-order chi connectivity index (χ1) is 7.81. The van der Waals surface area contributed by atoms with Crippen molar-refractivity contribution in [1.82, 2.24) is 5.32 Å². The first kappa shape index (κ1) is 14.3. The van der Waals surface area contributed by atoms with Crippen molar-refractivity contribution in [2.24, 2.45) is 0 Å². The highest BCUT2D eigenvalue weighted by Crippen LogP contribution is 2.34. The molecule has 0 radical (unpaired) electrons. The van der Waals surface area contributed by atoms with Crippen LogP contribution in [0.4, 0.5) is 9.18 Å². The Kier molecular flexibility index (Phi) is 4.78. The third-order valence-electron chi connectivity index (χ3n) is 2.99. The summed E-state index contributed by atoms with van der Waals surface area (Å²) in [5.41, 5.74) is -1.57. The average Bonchev–Trinajstić information content (AvgIpc) is 2.15. The molecule has 1 amide bonds. The first-order valence-corrected chi connectivity index (χ1v) is 6.47. The van der Waals surface area contributed by atoms with Crippen LogP contribution in [0.25, 0.3) is 0 Å². The lowest BCUT2D eigenvalue weighted by molar-refractivity contribution is 0.0498. The molecule has 0 atom stereocenters. The van der Waals surface area contributed by atoms with Crippen molar-refractivity contribution < 1.29 is 13.9 Å². The van der Waals surface area contributed by atoms with E-state index in [1.807, 2.05) is 20.8 Å². The van der Waals surface area contributed by atoms with Gasteiger partial charge in [-0.05, 0) is 40.0 Å². The van der Waals surface area contributed by atoms with Crippen LogP contribution in [0.2, 0.25) is 0 Å². The molecular formula is C13H24FNO2. The summed E-state index contributed by atoms with van der Waals surface area (Å²) in [7, 11) is 0. The molecule has 4 heteroatoms. The number of carbonyl (C=O) groups is 1. The Hall–Kier alpha value is -0.800. The number of amides is 1. The maximum absolute atomic E-state index is 14.2. The molecule has 0 unspecified atom stereocenters. The van der Waals surface area contributed by atoms with E-state index < -0.39 is 17.4 Å². The van der Waals surface area contributed by atoms with Crippen LogP contribution in [-0.2, 0) is 4.74 Å². The fourth-order valence-corrected chi connectivity index (χ4v) is 2.14. The summed E-state index contributed by atoms with van der Waals surface area (Å²) in [5, 5.41) is 2.61. The van der Waals surface area contributed by atoms with E-state index in [0.717, 1.165) is 19.3 Å². The highest BCUT2D eigenvalue weighted by Gasteiger charge is 2.31. The largest absolute Gasteiger partial charge is 0.444 e. The highest BCUT2D eigenvalue weighted by atomic mass is 19.1. The number of alkyl halides is 1. The van der Waals surface area contributed by atoms with Crippen molar-refractivity contribution in [3.05, 3.63) is 0 Å². The van der Waals surface area contributed by atoms with Gasteiger partial charge in [0.25, 0.3) is 0 Å². The molecular weight excluding hydrogens is 221 g/mol. The summed E-state index contributed by atoms with van der Waals surface area (Å²) in [6.45, 7) is 5.78. The minimum absolute atomic E-state index is 0.353. The maximum Gasteiger partial charge on any atom is 0.407 e. The van der Waals surface area contributed by atoms with Crippen LogP contribution < -0.4 is 5.32 Å². The molecule has 0 spiro atoms. The summed E-state index contributed by atoms with van der Waals surface area (Å²) >= 11 is 0. The normalized spacial score (nSPS) is 19.8. The summed E-state index contributed by atoms with van der Waals surface area (Å²) in [6.07, 6.45) is 4.24. The molecule has 1 aliphatic rings. The molecule has 1 rings (SSSR count).